The summed E-state index contributed by atoms with van der Waals surface area (Å²) in [5.41, 5.74) is 7.77. The van der Waals surface area contributed by atoms with Crippen molar-refractivity contribution in [1.29, 1.82) is 0 Å². The monoisotopic (exact) mass is 249 g/mol. The van der Waals surface area contributed by atoms with E-state index >= 15 is 0 Å². The average Bonchev–Trinajstić information content (AvgIpc) is 2.65. The summed E-state index contributed by atoms with van der Waals surface area (Å²) >= 11 is 0. The maximum atomic E-state index is 5.88. The van der Waals surface area contributed by atoms with Gasteiger partial charge in [-0.05, 0) is 11.6 Å². The molecule has 0 saturated carbocycles. The molecule has 18 heavy (non-hydrogen) atoms. The highest BCUT2D eigenvalue weighted by molar-refractivity contribution is 6.64. The van der Waals surface area contributed by atoms with Gasteiger partial charge in [0.1, 0.15) is 18.5 Å². The Morgan fingerprint density at radius 1 is 1.44 bits per heavy atom. The summed E-state index contributed by atoms with van der Waals surface area (Å²) in [6, 6.07) is 5.91. The lowest BCUT2D eigenvalue weighted by atomic mass is 9.77. The molecule has 0 amide bonds. The van der Waals surface area contributed by atoms with Crippen molar-refractivity contribution in [1.82, 2.24) is 0 Å². The van der Waals surface area contributed by atoms with Crippen LogP contribution in [0.5, 0.6) is 5.75 Å². The Kier molecular flexibility index (Phi) is 3.26. The second kappa shape index (κ2) is 4.89. The summed E-state index contributed by atoms with van der Waals surface area (Å²) in [6.45, 7) is 1.39. The van der Waals surface area contributed by atoms with Crippen LogP contribution in [0, 0.1) is 0 Å². The standard InChI is InChI=1S/C12H16BNO4/c1-15-6-8-7-16-10-4-2-3-9-11(5-14)18-13(17-8)12(9)10/h2-4,8,11H,5-7,14H2,1H3. The van der Waals surface area contributed by atoms with Gasteiger partial charge in [0, 0.05) is 19.1 Å². The van der Waals surface area contributed by atoms with Crippen molar-refractivity contribution in [3.63, 3.8) is 0 Å². The van der Waals surface area contributed by atoms with Crippen LogP contribution in [0.3, 0.4) is 0 Å². The Balaban J connectivity index is 1.94. The maximum Gasteiger partial charge on any atom is 0.498 e. The van der Waals surface area contributed by atoms with Gasteiger partial charge < -0.3 is 24.5 Å². The van der Waals surface area contributed by atoms with Crippen molar-refractivity contribution in [2.45, 2.75) is 12.2 Å². The number of hydrogen-bond donors (Lipinski definition) is 1. The third-order valence-corrected chi connectivity index (χ3v) is 3.28. The largest absolute Gasteiger partial charge is 0.498 e. The fraction of sp³-hybridized carbons (Fsp3) is 0.500. The Hall–Kier alpha value is -1.08. The van der Waals surface area contributed by atoms with Crippen LogP contribution in [-0.2, 0) is 14.0 Å². The van der Waals surface area contributed by atoms with Gasteiger partial charge in [0.15, 0.2) is 0 Å². The molecule has 2 heterocycles. The molecule has 0 saturated heterocycles. The van der Waals surface area contributed by atoms with Crippen LogP contribution in [0.25, 0.3) is 0 Å². The van der Waals surface area contributed by atoms with Crippen LogP contribution in [-0.4, -0.2) is 40.1 Å². The van der Waals surface area contributed by atoms with Crippen LogP contribution in [0.2, 0.25) is 0 Å². The molecule has 0 fully saturated rings. The third kappa shape index (κ3) is 1.91. The van der Waals surface area contributed by atoms with E-state index in [0.29, 0.717) is 19.8 Å². The topological polar surface area (TPSA) is 62.9 Å². The first-order chi connectivity index (χ1) is 8.83. The number of methoxy groups -OCH3 is 1. The molecule has 0 aliphatic carbocycles. The van der Waals surface area contributed by atoms with Crippen molar-refractivity contribution >= 4 is 12.6 Å². The van der Waals surface area contributed by atoms with E-state index in [2.05, 4.69) is 0 Å². The molecule has 96 valence electrons. The Labute approximate surface area is 106 Å². The zero-order valence-corrected chi connectivity index (χ0v) is 10.3. The molecule has 2 N–H and O–H groups in total. The van der Waals surface area contributed by atoms with Crippen molar-refractivity contribution in [3.05, 3.63) is 23.8 Å². The molecule has 5 nitrogen and oxygen atoms in total. The molecule has 2 atom stereocenters. The lowest BCUT2D eigenvalue weighted by molar-refractivity contribution is 0.0318. The molecule has 0 bridgehead atoms. The van der Waals surface area contributed by atoms with Crippen molar-refractivity contribution in [3.8, 4) is 5.75 Å². The van der Waals surface area contributed by atoms with E-state index in [0.717, 1.165) is 16.8 Å². The van der Waals surface area contributed by atoms with Gasteiger partial charge >= 0.3 is 7.12 Å². The molecule has 0 spiro atoms. The minimum absolute atomic E-state index is 0.116. The normalized spacial score (nSPS) is 25.6. The van der Waals surface area contributed by atoms with Gasteiger partial charge in [0.25, 0.3) is 0 Å². The van der Waals surface area contributed by atoms with E-state index in [1.807, 2.05) is 18.2 Å². The molecule has 6 heteroatoms. The first-order valence-corrected chi connectivity index (χ1v) is 6.09. The molecule has 0 aromatic heterocycles. The summed E-state index contributed by atoms with van der Waals surface area (Å²) in [5.74, 6) is 0.826. The van der Waals surface area contributed by atoms with Crippen molar-refractivity contribution < 1.29 is 18.8 Å². The zero-order chi connectivity index (χ0) is 12.5. The Morgan fingerprint density at radius 3 is 3.11 bits per heavy atom. The minimum atomic E-state index is -0.396. The van der Waals surface area contributed by atoms with Gasteiger partial charge in [-0.3, -0.25) is 0 Å². The highest BCUT2D eigenvalue weighted by Gasteiger charge is 2.42. The first kappa shape index (κ1) is 12.0. The average molecular weight is 249 g/mol. The van der Waals surface area contributed by atoms with E-state index < -0.39 is 7.12 Å². The fourth-order valence-electron chi connectivity index (χ4n) is 2.46. The molecule has 1 aromatic rings. The molecular weight excluding hydrogens is 233 g/mol. The van der Waals surface area contributed by atoms with Gasteiger partial charge in [-0.1, -0.05) is 12.1 Å². The van der Waals surface area contributed by atoms with E-state index in [1.54, 1.807) is 7.11 Å². The number of rotatable bonds is 3. The molecule has 2 aliphatic rings. The second-order valence-electron chi connectivity index (χ2n) is 4.48. The quantitative estimate of drug-likeness (QED) is 0.754. The SMILES string of the molecule is COCC1COc2cccc3c2B(O1)OC3CN. The summed E-state index contributed by atoms with van der Waals surface area (Å²) in [5, 5.41) is 0. The zero-order valence-electron chi connectivity index (χ0n) is 10.3. The van der Waals surface area contributed by atoms with E-state index in [4.69, 9.17) is 24.5 Å². The van der Waals surface area contributed by atoms with E-state index in [1.165, 1.54) is 0 Å². The van der Waals surface area contributed by atoms with Gasteiger partial charge in [-0.2, -0.15) is 0 Å². The number of hydrogen-bond acceptors (Lipinski definition) is 5. The number of ether oxygens (including phenoxy) is 2. The smallest absolute Gasteiger partial charge is 0.491 e. The van der Waals surface area contributed by atoms with Gasteiger partial charge in [-0.15, -0.1) is 0 Å². The molecule has 2 aliphatic heterocycles. The summed E-state index contributed by atoms with van der Waals surface area (Å²) in [6.07, 6.45) is -0.244. The molecular formula is C12H16BNO4. The molecule has 2 unspecified atom stereocenters. The van der Waals surface area contributed by atoms with Gasteiger partial charge in [0.05, 0.1) is 12.7 Å². The number of nitrogens with two attached hydrogens (primary N) is 1. The van der Waals surface area contributed by atoms with Crippen LogP contribution in [0.15, 0.2) is 18.2 Å². The van der Waals surface area contributed by atoms with E-state index in [9.17, 15) is 0 Å². The third-order valence-electron chi connectivity index (χ3n) is 3.28. The summed E-state index contributed by atoms with van der Waals surface area (Å²) < 4.78 is 22.6. The lowest BCUT2D eigenvalue weighted by Crippen LogP contribution is -2.37. The molecule has 0 radical (unpaired) electrons. The van der Waals surface area contributed by atoms with Crippen molar-refractivity contribution in [2.75, 3.05) is 26.9 Å². The maximum absolute atomic E-state index is 5.88. The van der Waals surface area contributed by atoms with Crippen LogP contribution >= 0.6 is 0 Å². The van der Waals surface area contributed by atoms with Crippen molar-refractivity contribution in [2.24, 2.45) is 5.73 Å². The lowest BCUT2D eigenvalue weighted by Gasteiger charge is -2.17. The Morgan fingerprint density at radius 2 is 2.33 bits per heavy atom. The summed E-state index contributed by atoms with van der Waals surface area (Å²) in [4.78, 5) is 0. The van der Waals surface area contributed by atoms with Crippen LogP contribution < -0.4 is 15.9 Å². The van der Waals surface area contributed by atoms with E-state index in [-0.39, 0.29) is 12.2 Å². The molecule has 1 aromatic carbocycles. The van der Waals surface area contributed by atoms with Crippen LogP contribution in [0.4, 0.5) is 0 Å². The predicted octanol–water partition coefficient (Wildman–Crippen LogP) is -0.164. The van der Waals surface area contributed by atoms with Gasteiger partial charge in [0.2, 0.25) is 0 Å². The van der Waals surface area contributed by atoms with Crippen LogP contribution in [0.1, 0.15) is 11.7 Å². The fourth-order valence-corrected chi connectivity index (χ4v) is 2.46. The second-order valence-corrected chi connectivity index (χ2v) is 4.48. The molecule has 3 rings (SSSR count). The minimum Gasteiger partial charge on any atom is -0.491 e. The highest BCUT2D eigenvalue weighted by Crippen LogP contribution is 2.30. The predicted molar refractivity (Wildman–Crippen MR) is 67.0 cm³/mol. The first-order valence-electron chi connectivity index (χ1n) is 6.09. The Bertz CT molecular complexity index is 442. The highest BCUT2D eigenvalue weighted by atomic mass is 16.6. The summed E-state index contributed by atoms with van der Waals surface area (Å²) in [7, 11) is 1.25. The van der Waals surface area contributed by atoms with Gasteiger partial charge in [-0.25, -0.2) is 0 Å². The number of benzene rings is 1.